The predicted octanol–water partition coefficient (Wildman–Crippen LogP) is 3.54. The number of hydrogen-bond acceptors (Lipinski definition) is 5. The molecule has 2 rings (SSSR count). The first-order chi connectivity index (χ1) is 11.9. The molecule has 132 valence electrons. The fraction of sp³-hybridized carbons (Fsp3) is 0.222. The van der Waals surface area contributed by atoms with E-state index in [1.807, 2.05) is 0 Å². The van der Waals surface area contributed by atoms with Crippen LogP contribution in [0.15, 0.2) is 42.5 Å². The maximum absolute atomic E-state index is 12.3. The van der Waals surface area contributed by atoms with Crippen molar-refractivity contribution in [3.63, 3.8) is 0 Å². The van der Waals surface area contributed by atoms with Crippen LogP contribution < -0.4 is 14.8 Å². The molecule has 1 amide bonds. The van der Waals surface area contributed by atoms with Crippen molar-refractivity contribution in [2.24, 2.45) is 0 Å². The second-order valence-corrected chi connectivity index (χ2v) is 5.53. The van der Waals surface area contributed by atoms with Crippen molar-refractivity contribution < 1.29 is 23.8 Å². The van der Waals surface area contributed by atoms with Gasteiger partial charge < -0.3 is 19.5 Å². The number of amides is 1. The van der Waals surface area contributed by atoms with Crippen molar-refractivity contribution in [1.82, 2.24) is 0 Å². The number of methoxy groups -OCH3 is 2. The molecular weight excluding hydrogens is 346 g/mol. The Morgan fingerprint density at radius 2 is 1.64 bits per heavy atom. The van der Waals surface area contributed by atoms with Crippen LogP contribution >= 0.6 is 11.6 Å². The summed E-state index contributed by atoms with van der Waals surface area (Å²) in [6.45, 7) is 1.47. The average Bonchev–Trinajstić information content (AvgIpc) is 2.62. The molecule has 0 unspecified atom stereocenters. The predicted molar refractivity (Wildman–Crippen MR) is 94.5 cm³/mol. The van der Waals surface area contributed by atoms with Gasteiger partial charge in [-0.1, -0.05) is 23.7 Å². The van der Waals surface area contributed by atoms with Crippen LogP contribution in [0.25, 0.3) is 0 Å². The molecule has 2 aromatic carbocycles. The second kappa shape index (κ2) is 8.39. The van der Waals surface area contributed by atoms with Gasteiger partial charge in [-0.3, -0.25) is 4.79 Å². The Morgan fingerprint density at radius 1 is 1.04 bits per heavy atom. The molecule has 0 saturated carbocycles. The number of benzene rings is 2. The Bertz CT molecular complexity index is 756. The molecule has 0 aliphatic carbocycles. The number of nitrogens with one attached hydrogen (secondary N) is 1. The summed E-state index contributed by atoms with van der Waals surface area (Å²) in [4.78, 5) is 24.5. The van der Waals surface area contributed by atoms with E-state index in [0.29, 0.717) is 22.2 Å². The fourth-order valence-electron chi connectivity index (χ4n) is 2.00. The minimum absolute atomic E-state index is 0.216. The summed E-state index contributed by atoms with van der Waals surface area (Å²) in [7, 11) is 2.95. The van der Waals surface area contributed by atoms with E-state index in [-0.39, 0.29) is 5.56 Å². The van der Waals surface area contributed by atoms with Gasteiger partial charge in [-0.2, -0.15) is 0 Å². The number of esters is 1. The number of anilines is 1. The van der Waals surface area contributed by atoms with Crippen molar-refractivity contribution in [2.45, 2.75) is 13.0 Å². The second-order valence-electron chi connectivity index (χ2n) is 5.12. The van der Waals surface area contributed by atoms with Gasteiger partial charge in [0, 0.05) is 6.07 Å². The number of carbonyl (C=O) groups excluding carboxylic acids is 2. The van der Waals surface area contributed by atoms with E-state index in [1.54, 1.807) is 30.3 Å². The van der Waals surface area contributed by atoms with Crippen molar-refractivity contribution in [3.8, 4) is 11.5 Å². The smallest absolute Gasteiger partial charge is 0.339 e. The summed E-state index contributed by atoms with van der Waals surface area (Å²) in [5.41, 5.74) is 0.661. The third-order valence-electron chi connectivity index (χ3n) is 3.37. The van der Waals surface area contributed by atoms with Crippen LogP contribution in [-0.2, 0) is 9.53 Å². The number of hydrogen-bond donors (Lipinski definition) is 1. The topological polar surface area (TPSA) is 73.9 Å². The molecule has 0 aliphatic rings. The van der Waals surface area contributed by atoms with Gasteiger partial charge in [-0.25, -0.2) is 4.79 Å². The van der Waals surface area contributed by atoms with E-state index in [0.717, 1.165) is 0 Å². The number of rotatable bonds is 6. The van der Waals surface area contributed by atoms with Crippen LogP contribution in [0.4, 0.5) is 5.69 Å². The standard InChI is InChI=1S/C18H18ClNO5/c1-11(17(21)20-16-7-5-4-6-15(16)19)25-18(22)12-8-13(23-2)10-14(9-12)24-3/h4-11H,1-3H3,(H,20,21)/t11-/m0/s1. The first-order valence-electron chi connectivity index (χ1n) is 7.44. The van der Waals surface area contributed by atoms with E-state index in [1.165, 1.54) is 33.3 Å². The fourth-order valence-corrected chi connectivity index (χ4v) is 2.19. The molecule has 25 heavy (non-hydrogen) atoms. The molecule has 1 N–H and O–H groups in total. The molecule has 0 saturated heterocycles. The molecule has 0 fully saturated rings. The molecule has 1 atom stereocenters. The molecule has 0 aliphatic heterocycles. The average molecular weight is 364 g/mol. The first kappa shape index (κ1) is 18.6. The van der Waals surface area contributed by atoms with Crippen molar-refractivity contribution in [3.05, 3.63) is 53.1 Å². The lowest BCUT2D eigenvalue weighted by Crippen LogP contribution is -2.30. The number of para-hydroxylation sites is 1. The van der Waals surface area contributed by atoms with Gasteiger partial charge in [0.1, 0.15) is 11.5 Å². The van der Waals surface area contributed by atoms with Crippen molar-refractivity contribution >= 4 is 29.2 Å². The van der Waals surface area contributed by atoms with E-state index in [9.17, 15) is 9.59 Å². The van der Waals surface area contributed by atoms with Gasteiger partial charge in [0.2, 0.25) is 0 Å². The Labute approximate surface area is 150 Å². The Hall–Kier alpha value is -2.73. The lowest BCUT2D eigenvalue weighted by molar-refractivity contribution is -0.123. The van der Waals surface area contributed by atoms with Crippen LogP contribution in [0, 0.1) is 0 Å². The molecular formula is C18H18ClNO5. The number of halogens is 1. The quantitative estimate of drug-likeness (QED) is 0.794. The summed E-state index contributed by atoms with van der Waals surface area (Å²) in [6, 6.07) is 11.4. The highest BCUT2D eigenvalue weighted by atomic mass is 35.5. The van der Waals surface area contributed by atoms with Gasteiger partial charge in [0.15, 0.2) is 6.10 Å². The number of carbonyl (C=O) groups is 2. The first-order valence-corrected chi connectivity index (χ1v) is 7.82. The third-order valence-corrected chi connectivity index (χ3v) is 3.70. The number of ether oxygens (including phenoxy) is 3. The summed E-state index contributed by atoms with van der Waals surface area (Å²) in [5, 5.41) is 3.01. The molecule has 0 spiro atoms. The zero-order valence-electron chi connectivity index (χ0n) is 14.0. The van der Waals surface area contributed by atoms with Crippen molar-refractivity contribution in [2.75, 3.05) is 19.5 Å². The summed E-state index contributed by atoms with van der Waals surface area (Å²) in [6.07, 6.45) is -1.01. The molecule has 2 aromatic rings. The SMILES string of the molecule is COc1cc(OC)cc(C(=O)O[C@@H](C)C(=O)Nc2ccccc2Cl)c1. The van der Waals surface area contributed by atoms with Gasteiger partial charge in [0.05, 0.1) is 30.5 Å². The van der Waals surface area contributed by atoms with Gasteiger partial charge in [0.25, 0.3) is 5.91 Å². The molecule has 0 aromatic heterocycles. The molecule has 0 bridgehead atoms. The monoisotopic (exact) mass is 363 g/mol. The highest BCUT2D eigenvalue weighted by Crippen LogP contribution is 2.24. The minimum Gasteiger partial charge on any atom is -0.497 e. The highest BCUT2D eigenvalue weighted by molar-refractivity contribution is 6.33. The summed E-state index contributed by atoms with van der Waals surface area (Å²) in [5.74, 6) is -0.269. The Balaban J connectivity index is 2.07. The van der Waals surface area contributed by atoms with Crippen LogP contribution in [0.2, 0.25) is 5.02 Å². The van der Waals surface area contributed by atoms with E-state index < -0.39 is 18.0 Å². The lowest BCUT2D eigenvalue weighted by Gasteiger charge is -2.15. The third kappa shape index (κ3) is 4.87. The molecule has 7 heteroatoms. The van der Waals surface area contributed by atoms with Crippen LogP contribution in [0.1, 0.15) is 17.3 Å². The van der Waals surface area contributed by atoms with Crippen LogP contribution in [-0.4, -0.2) is 32.2 Å². The Kier molecular flexibility index (Phi) is 6.25. The zero-order valence-corrected chi connectivity index (χ0v) is 14.8. The van der Waals surface area contributed by atoms with Crippen LogP contribution in [0.5, 0.6) is 11.5 Å². The zero-order chi connectivity index (χ0) is 18.4. The van der Waals surface area contributed by atoms with E-state index >= 15 is 0 Å². The van der Waals surface area contributed by atoms with Gasteiger partial charge in [-0.05, 0) is 31.2 Å². The largest absolute Gasteiger partial charge is 0.497 e. The highest BCUT2D eigenvalue weighted by Gasteiger charge is 2.20. The van der Waals surface area contributed by atoms with Gasteiger partial charge >= 0.3 is 5.97 Å². The summed E-state index contributed by atoms with van der Waals surface area (Å²) >= 11 is 5.99. The lowest BCUT2D eigenvalue weighted by atomic mass is 10.2. The van der Waals surface area contributed by atoms with Crippen molar-refractivity contribution in [1.29, 1.82) is 0 Å². The maximum Gasteiger partial charge on any atom is 0.339 e. The summed E-state index contributed by atoms with van der Waals surface area (Å²) < 4.78 is 15.4. The van der Waals surface area contributed by atoms with Gasteiger partial charge in [-0.15, -0.1) is 0 Å². The minimum atomic E-state index is -1.01. The van der Waals surface area contributed by atoms with E-state index in [2.05, 4.69) is 5.32 Å². The molecule has 0 radical (unpaired) electrons. The normalized spacial score (nSPS) is 11.4. The van der Waals surface area contributed by atoms with Crippen LogP contribution in [0.3, 0.4) is 0 Å². The molecule has 6 nitrogen and oxygen atoms in total. The van der Waals surface area contributed by atoms with E-state index in [4.69, 9.17) is 25.8 Å². The maximum atomic E-state index is 12.3. The molecule has 0 heterocycles. The Morgan fingerprint density at radius 3 is 2.20 bits per heavy atom.